The Hall–Kier alpha value is -3.15. The Labute approximate surface area is 156 Å². The second-order valence-electron chi connectivity index (χ2n) is 5.91. The van der Waals surface area contributed by atoms with Gasteiger partial charge in [0.25, 0.3) is 0 Å². The van der Waals surface area contributed by atoms with Crippen molar-refractivity contribution in [1.82, 2.24) is 5.32 Å². The van der Waals surface area contributed by atoms with Crippen LogP contribution < -0.4 is 10.1 Å². The molecule has 1 N–H and O–H groups in total. The van der Waals surface area contributed by atoms with Gasteiger partial charge in [0.2, 0.25) is 0 Å². The zero-order valence-corrected chi connectivity index (χ0v) is 15.3. The van der Waals surface area contributed by atoms with Gasteiger partial charge in [-0.25, -0.2) is 0 Å². The van der Waals surface area contributed by atoms with Crippen molar-refractivity contribution < 1.29 is 9.15 Å². The van der Waals surface area contributed by atoms with E-state index >= 15 is 0 Å². The lowest BCUT2D eigenvalue weighted by Gasteiger charge is -2.24. The van der Waals surface area contributed by atoms with Gasteiger partial charge in [-0.1, -0.05) is 11.6 Å². The molecule has 0 bridgehead atoms. The van der Waals surface area contributed by atoms with Gasteiger partial charge in [-0.15, -0.1) is 0 Å². The fraction of sp³-hybridized carbons (Fsp3) is 0.200. The first-order valence-electron chi connectivity index (χ1n) is 7.92. The minimum atomic E-state index is -0.520. The smallest absolute Gasteiger partial charge is 0.137 e. The number of nitriles is 2. The zero-order valence-electron chi connectivity index (χ0n) is 14.6. The summed E-state index contributed by atoms with van der Waals surface area (Å²) in [7, 11) is 1.55. The lowest BCUT2D eigenvalue weighted by molar-refractivity contribution is 0.415. The number of allylic oxidation sites excluding steroid dienone is 4. The molecule has 1 aromatic carbocycles. The van der Waals surface area contributed by atoms with E-state index in [1.165, 1.54) is 0 Å². The molecular weight excluding hydrogens is 350 g/mol. The molecule has 0 saturated heterocycles. The van der Waals surface area contributed by atoms with Gasteiger partial charge in [0.15, 0.2) is 0 Å². The fourth-order valence-corrected chi connectivity index (χ4v) is 3.32. The fourth-order valence-electron chi connectivity index (χ4n) is 3.06. The van der Waals surface area contributed by atoms with Crippen LogP contribution in [0.5, 0.6) is 5.75 Å². The van der Waals surface area contributed by atoms with E-state index in [0.29, 0.717) is 33.4 Å². The van der Waals surface area contributed by atoms with Gasteiger partial charge >= 0.3 is 0 Å². The van der Waals surface area contributed by atoms with Crippen LogP contribution in [0, 0.1) is 22.7 Å². The molecule has 0 fully saturated rings. The van der Waals surface area contributed by atoms with Gasteiger partial charge in [-0.05, 0) is 44.2 Å². The van der Waals surface area contributed by atoms with Crippen molar-refractivity contribution in [2.75, 3.05) is 7.11 Å². The van der Waals surface area contributed by atoms with Crippen LogP contribution in [0.2, 0.25) is 5.02 Å². The number of benzene rings is 1. The van der Waals surface area contributed by atoms with Crippen LogP contribution in [-0.4, -0.2) is 7.11 Å². The summed E-state index contributed by atoms with van der Waals surface area (Å²) < 4.78 is 11.2. The molecule has 0 aliphatic carbocycles. The predicted molar refractivity (Wildman–Crippen MR) is 98.2 cm³/mol. The summed E-state index contributed by atoms with van der Waals surface area (Å²) in [6.45, 7) is 3.63. The van der Waals surface area contributed by atoms with E-state index in [4.69, 9.17) is 20.8 Å². The molecule has 6 heteroatoms. The van der Waals surface area contributed by atoms with Crippen LogP contribution in [0.4, 0.5) is 0 Å². The van der Waals surface area contributed by atoms with Crippen molar-refractivity contribution in [1.29, 1.82) is 10.5 Å². The molecule has 130 valence electrons. The molecular formula is C20H16ClN3O2. The van der Waals surface area contributed by atoms with Crippen LogP contribution in [0.3, 0.4) is 0 Å². The third-order valence-electron chi connectivity index (χ3n) is 4.35. The molecule has 0 saturated carbocycles. The van der Waals surface area contributed by atoms with Crippen LogP contribution in [-0.2, 0) is 0 Å². The number of halogens is 1. The van der Waals surface area contributed by atoms with Crippen molar-refractivity contribution in [2.24, 2.45) is 0 Å². The summed E-state index contributed by atoms with van der Waals surface area (Å²) >= 11 is 6.19. The molecule has 26 heavy (non-hydrogen) atoms. The molecule has 2 aromatic rings. The number of hydrogen-bond acceptors (Lipinski definition) is 5. The third-order valence-corrected chi connectivity index (χ3v) is 4.64. The summed E-state index contributed by atoms with van der Waals surface area (Å²) in [6, 6.07) is 13.3. The summed E-state index contributed by atoms with van der Waals surface area (Å²) in [6.07, 6.45) is 0. The molecule has 0 radical (unpaired) electrons. The quantitative estimate of drug-likeness (QED) is 0.837. The van der Waals surface area contributed by atoms with Gasteiger partial charge in [-0.3, -0.25) is 0 Å². The summed E-state index contributed by atoms with van der Waals surface area (Å²) in [4.78, 5) is 0. The zero-order chi connectivity index (χ0) is 18.8. The number of methoxy groups -OCH3 is 1. The first-order valence-corrected chi connectivity index (χ1v) is 8.30. The summed E-state index contributed by atoms with van der Waals surface area (Å²) in [5.74, 6) is 1.21. The number of hydrogen-bond donors (Lipinski definition) is 1. The van der Waals surface area contributed by atoms with Crippen molar-refractivity contribution in [3.05, 3.63) is 63.7 Å². The highest BCUT2D eigenvalue weighted by Gasteiger charge is 2.31. The summed E-state index contributed by atoms with van der Waals surface area (Å²) in [5, 5.41) is 22.7. The number of nitrogens with zero attached hydrogens (tertiary/aromatic N) is 2. The van der Waals surface area contributed by atoms with Gasteiger partial charge in [0, 0.05) is 17.0 Å². The minimum absolute atomic E-state index is 0.473. The Bertz CT molecular complexity index is 982. The van der Waals surface area contributed by atoms with Crippen molar-refractivity contribution >= 4 is 11.6 Å². The van der Waals surface area contributed by atoms with Gasteiger partial charge < -0.3 is 14.5 Å². The maximum absolute atomic E-state index is 9.56. The highest BCUT2D eigenvalue weighted by molar-refractivity contribution is 6.32. The van der Waals surface area contributed by atoms with Crippen LogP contribution in [0.1, 0.15) is 25.5 Å². The molecule has 1 aliphatic heterocycles. The topological polar surface area (TPSA) is 82.0 Å². The molecule has 0 atom stereocenters. The summed E-state index contributed by atoms with van der Waals surface area (Å²) in [5.41, 5.74) is 3.18. The average molecular weight is 366 g/mol. The Morgan fingerprint density at radius 2 is 1.73 bits per heavy atom. The van der Waals surface area contributed by atoms with Crippen LogP contribution >= 0.6 is 11.6 Å². The Balaban J connectivity index is 2.06. The Kier molecular flexibility index (Phi) is 4.75. The maximum Gasteiger partial charge on any atom is 0.137 e. The molecule has 2 heterocycles. The maximum atomic E-state index is 9.56. The van der Waals surface area contributed by atoms with E-state index < -0.39 is 5.92 Å². The number of ether oxygens (including phenoxy) is 1. The molecule has 3 rings (SSSR count). The normalized spacial score (nSPS) is 14.7. The lowest BCUT2D eigenvalue weighted by Crippen LogP contribution is -2.23. The SMILES string of the molecule is COc1ccc(-c2ccc(C3C(C#N)=C(C)NC(C)=C3C#N)o2)cc1Cl. The minimum Gasteiger partial charge on any atom is -0.495 e. The molecule has 1 aliphatic rings. The first-order chi connectivity index (χ1) is 12.5. The molecule has 0 unspecified atom stereocenters. The van der Waals surface area contributed by atoms with E-state index in [1.807, 2.05) is 26.0 Å². The monoisotopic (exact) mass is 365 g/mol. The molecule has 0 amide bonds. The van der Waals surface area contributed by atoms with Crippen molar-refractivity contribution in [2.45, 2.75) is 19.8 Å². The van der Waals surface area contributed by atoms with E-state index in [2.05, 4.69) is 17.5 Å². The second kappa shape index (κ2) is 7.00. The van der Waals surface area contributed by atoms with Crippen LogP contribution in [0.25, 0.3) is 11.3 Å². The Morgan fingerprint density at radius 3 is 2.27 bits per heavy atom. The van der Waals surface area contributed by atoms with Crippen molar-refractivity contribution in [3.8, 4) is 29.2 Å². The largest absolute Gasteiger partial charge is 0.495 e. The number of rotatable bonds is 3. The number of furan rings is 1. The highest BCUT2D eigenvalue weighted by Crippen LogP contribution is 2.40. The predicted octanol–water partition coefficient (Wildman–Crippen LogP) is 4.89. The molecule has 0 spiro atoms. The van der Waals surface area contributed by atoms with E-state index in [1.54, 1.807) is 25.3 Å². The van der Waals surface area contributed by atoms with Gasteiger partial charge in [-0.2, -0.15) is 10.5 Å². The molecule has 5 nitrogen and oxygen atoms in total. The van der Waals surface area contributed by atoms with Crippen molar-refractivity contribution in [3.63, 3.8) is 0 Å². The highest BCUT2D eigenvalue weighted by atomic mass is 35.5. The van der Waals surface area contributed by atoms with Gasteiger partial charge in [0.1, 0.15) is 17.3 Å². The number of dihydropyridines is 1. The van der Waals surface area contributed by atoms with Crippen LogP contribution in [0.15, 0.2) is 57.3 Å². The van der Waals surface area contributed by atoms with E-state index in [-0.39, 0.29) is 0 Å². The van der Waals surface area contributed by atoms with Gasteiger partial charge in [0.05, 0.1) is 41.3 Å². The number of nitrogens with one attached hydrogen (secondary N) is 1. The van der Waals surface area contributed by atoms with E-state index in [0.717, 1.165) is 17.0 Å². The Morgan fingerprint density at radius 1 is 1.08 bits per heavy atom. The second-order valence-corrected chi connectivity index (χ2v) is 6.32. The average Bonchev–Trinajstić information content (AvgIpc) is 3.10. The van der Waals surface area contributed by atoms with E-state index in [9.17, 15) is 10.5 Å². The third kappa shape index (κ3) is 2.94. The first kappa shape index (κ1) is 17.7. The molecule has 1 aromatic heterocycles. The standard InChI is InChI=1S/C20H16ClN3O2/c1-11-14(9-22)20(15(10-23)12(2)24-11)19-7-6-17(26-19)13-4-5-18(25-3)16(21)8-13/h4-8,20,24H,1-3H3. The lowest BCUT2D eigenvalue weighted by atomic mass is 9.85.